The average Bonchev–Trinajstić information content (AvgIpc) is 2.73. The van der Waals surface area contributed by atoms with Crippen LogP contribution in [-0.4, -0.2) is 6.54 Å². The van der Waals surface area contributed by atoms with Crippen molar-refractivity contribution in [3.8, 4) is 0 Å². The van der Waals surface area contributed by atoms with Crippen molar-refractivity contribution >= 4 is 11.4 Å². The van der Waals surface area contributed by atoms with Gasteiger partial charge in [0.1, 0.15) is 0 Å². The summed E-state index contributed by atoms with van der Waals surface area (Å²) in [7, 11) is 0. The Morgan fingerprint density at radius 3 is 1.50 bits per heavy atom. The van der Waals surface area contributed by atoms with Gasteiger partial charge in [0, 0.05) is 17.9 Å². The van der Waals surface area contributed by atoms with Gasteiger partial charge in [-0.3, -0.25) is 0 Å². The minimum absolute atomic E-state index is 0.998. The Kier molecular flexibility index (Phi) is 8.89. The van der Waals surface area contributed by atoms with Gasteiger partial charge in [-0.15, -0.1) is 0 Å². The van der Waals surface area contributed by atoms with Gasteiger partial charge < -0.3 is 11.1 Å². The first-order valence-electron chi connectivity index (χ1n) is 11.4. The maximum atomic E-state index is 6.32. The van der Waals surface area contributed by atoms with Gasteiger partial charge in [0.25, 0.3) is 0 Å². The van der Waals surface area contributed by atoms with E-state index in [-0.39, 0.29) is 0 Å². The largest absolute Gasteiger partial charge is 0.398 e. The third-order valence-electron chi connectivity index (χ3n) is 5.83. The standard InChI is InChI=1S/C26H40N2/c1-6-11-14-28-26-23(9-4)17-20(18-24(26)10-5)13-12-19-15-21(7-2)25(27)22(8-3)16-19/h15-18,28H,6-14,27H2,1-5H3. The molecule has 0 saturated carbocycles. The van der Waals surface area contributed by atoms with Crippen LogP contribution in [0.3, 0.4) is 0 Å². The minimum atomic E-state index is 0.998. The summed E-state index contributed by atoms with van der Waals surface area (Å²) in [6.07, 6.45) is 8.80. The molecule has 2 heteroatoms. The quantitative estimate of drug-likeness (QED) is 0.344. The Morgan fingerprint density at radius 1 is 0.679 bits per heavy atom. The Morgan fingerprint density at radius 2 is 1.11 bits per heavy atom. The van der Waals surface area contributed by atoms with Crippen molar-refractivity contribution < 1.29 is 0 Å². The Bertz CT molecular complexity index is 711. The van der Waals surface area contributed by atoms with Gasteiger partial charge in [0.2, 0.25) is 0 Å². The lowest BCUT2D eigenvalue weighted by molar-refractivity contribution is 0.830. The number of nitrogen functional groups attached to an aromatic ring is 1. The molecule has 0 aromatic heterocycles. The predicted molar refractivity (Wildman–Crippen MR) is 126 cm³/mol. The van der Waals surface area contributed by atoms with E-state index >= 15 is 0 Å². The molecule has 0 heterocycles. The van der Waals surface area contributed by atoms with Gasteiger partial charge >= 0.3 is 0 Å². The zero-order valence-electron chi connectivity index (χ0n) is 18.8. The number of unbranched alkanes of at least 4 members (excludes halogenated alkanes) is 1. The van der Waals surface area contributed by atoms with E-state index in [0.29, 0.717) is 0 Å². The molecule has 0 aliphatic heterocycles. The average molecular weight is 381 g/mol. The van der Waals surface area contributed by atoms with E-state index in [1.807, 2.05) is 0 Å². The number of hydrogen-bond donors (Lipinski definition) is 2. The van der Waals surface area contributed by atoms with Gasteiger partial charge in [0.05, 0.1) is 0 Å². The van der Waals surface area contributed by atoms with Crippen LogP contribution >= 0.6 is 0 Å². The van der Waals surface area contributed by atoms with E-state index in [1.54, 1.807) is 0 Å². The van der Waals surface area contributed by atoms with Gasteiger partial charge in [-0.1, -0.05) is 65.3 Å². The summed E-state index contributed by atoms with van der Waals surface area (Å²) >= 11 is 0. The maximum Gasteiger partial charge on any atom is 0.0405 e. The van der Waals surface area contributed by atoms with Gasteiger partial charge in [0.15, 0.2) is 0 Å². The molecule has 0 fully saturated rings. The van der Waals surface area contributed by atoms with Crippen LogP contribution < -0.4 is 11.1 Å². The SMILES string of the molecule is CCCCNc1c(CC)cc(CCc2cc(CC)c(N)c(CC)c2)cc1CC. The van der Waals surface area contributed by atoms with Crippen molar-refractivity contribution in [1.29, 1.82) is 0 Å². The van der Waals surface area contributed by atoms with Gasteiger partial charge in [-0.05, 0) is 78.3 Å². The first-order chi connectivity index (χ1) is 13.6. The molecule has 0 saturated heterocycles. The number of rotatable bonds is 11. The number of nitrogens with two attached hydrogens (primary N) is 1. The Balaban J connectivity index is 2.22. The summed E-state index contributed by atoms with van der Waals surface area (Å²) in [6.45, 7) is 12.2. The molecule has 3 N–H and O–H groups in total. The van der Waals surface area contributed by atoms with Crippen LogP contribution in [0.4, 0.5) is 11.4 Å². The fourth-order valence-corrected chi connectivity index (χ4v) is 4.03. The first kappa shape index (κ1) is 22.3. The molecular formula is C26H40N2. The molecule has 0 bridgehead atoms. The van der Waals surface area contributed by atoms with E-state index in [9.17, 15) is 0 Å². The van der Waals surface area contributed by atoms with E-state index in [4.69, 9.17) is 5.73 Å². The highest BCUT2D eigenvalue weighted by molar-refractivity contribution is 5.60. The Hall–Kier alpha value is -1.96. The second-order valence-corrected chi connectivity index (χ2v) is 7.81. The normalized spacial score (nSPS) is 11.0. The zero-order valence-corrected chi connectivity index (χ0v) is 18.8. The van der Waals surface area contributed by atoms with Gasteiger partial charge in [-0.25, -0.2) is 0 Å². The summed E-state index contributed by atoms with van der Waals surface area (Å²) in [6, 6.07) is 9.48. The van der Waals surface area contributed by atoms with Crippen LogP contribution in [0.5, 0.6) is 0 Å². The fraction of sp³-hybridized carbons (Fsp3) is 0.538. The molecule has 154 valence electrons. The van der Waals surface area contributed by atoms with E-state index in [0.717, 1.165) is 50.8 Å². The number of anilines is 2. The van der Waals surface area contributed by atoms with Gasteiger partial charge in [-0.2, -0.15) is 0 Å². The molecule has 0 amide bonds. The molecule has 28 heavy (non-hydrogen) atoms. The van der Waals surface area contributed by atoms with Crippen LogP contribution in [0.1, 0.15) is 80.8 Å². The monoisotopic (exact) mass is 380 g/mol. The third-order valence-corrected chi connectivity index (χ3v) is 5.83. The summed E-state index contributed by atoms with van der Waals surface area (Å²) in [5.74, 6) is 0. The molecule has 2 aromatic carbocycles. The molecule has 0 atom stereocenters. The van der Waals surface area contributed by atoms with Crippen molar-refractivity contribution in [3.63, 3.8) is 0 Å². The van der Waals surface area contributed by atoms with E-state index < -0.39 is 0 Å². The first-order valence-corrected chi connectivity index (χ1v) is 11.4. The molecule has 2 rings (SSSR count). The number of nitrogens with one attached hydrogen (secondary N) is 1. The van der Waals surface area contributed by atoms with Crippen LogP contribution in [0.25, 0.3) is 0 Å². The summed E-state index contributed by atoms with van der Waals surface area (Å²) in [4.78, 5) is 0. The predicted octanol–water partition coefficient (Wildman–Crippen LogP) is 6.52. The molecule has 0 aliphatic carbocycles. The highest BCUT2D eigenvalue weighted by atomic mass is 14.9. The number of hydrogen-bond acceptors (Lipinski definition) is 2. The summed E-state index contributed by atoms with van der Waals surface area (Å²) in [5, 5.41) is 3.71. The zero-order chi connectivity index (χ0) is 20.5. The lowest BCUT2D eigenvalue weighted by atomic mass is 9.93. The molecule has 0 spiro atoms. The van der Waals surface area contributed by atoms with E-state index in [2.05, 4.69) is 64.2 Å². The Labute approximate surface area is 172 Å². The lowest BCUT2D eigenvalue weighted by Crippen LogP contribution is -2.08. The van der Waals surface area contributed by atoms with Crippen molar-refractivity contribution in [2.45, 2.75) is 86.0 Å². The van der Waals surface area contributed by atoms with Crippen LogP contribution in [0.2, 0.25) is 0 Å². The molecular weight excluding hydrogens is 340 g/mol. The molecule has 0 aliphatic rings. The van der Waals surface area contributed by atoms with Crippen molar-refractivity contribution in [2.24, 2.45) is 0 Å². The molecule has 2 nitrogen and oxygen atoms in total. The highest BCUT2D eigenvalue weighted by Gasteiger charge is 2.10. The van der Waals surface area contributed by atoms with Crippen LogP contribution in [0.15, 0.2) is 24.3 Å². The van der Waals surface area contributed by atoms with E-state index in [1.165, 1.54) is 51.9 Å². The minimum Gasteiger partial charge on any atom is -0.398 e. The third kappa shape index (κ3) is 5.53. The topological polar surface area (TPSA) is 38.0 Å². The fourth-order valence-electron chi connectivity index (χ4n) is 4.03. The number of aryl methyl sites for hydroxylation is 6. The smallest absolute Gasteiger partial charge is 0.0405 e. The highest BCUT2D eigenvalue weighted by Crippen LogP contribution is 2.27. The molecule has 0 unspecified atom stereocenters. The number of benzene rings is 2. The maximum absolute atomic E-state index is 6.32. The van der Waals surface area contributed by atoms with Crippen LogP contribution in [0, 0.1) is 0 Å². The van der Waals surface area contributed by atoms with Crippen molar-refractivity contribution in [1.82, 2.24) is 0 Å². The summed E-state index contributed by atoms with van der Waals surface area (Å²) in [5.41, 5.74) is 17.1. The lowest BCUT2D eigenvalue weighted by Gasteiger charge is -2.18. The summed E-state index contributed by atoms with van der Waals surface area (Å²) < 4.78 is 0. The van der Waals surface area contributed by atoms with Crippen molar-refractivity contribution in [2.75, 3.05) is 17.6 Å². The second-order valence-electron chi connectivity index (χ2n) is 7.81. The molecule has 2 aromatic rings. The molecule has 0 radical (unpaired) electrons. The van der Waals surface area contributed by atoms with Crippen molar-refractivity contribution in [3.05, 3.63) is 57.6 Å². The van der Waals surface area contributed by atoms with Crippen LogP contribution in [-0.2, 0) is 38.5 Å². The second kappa shape index (κ2) is 11.1.